The maximum Gasteiger partial charge on any atom is 0.252 e. The van der Waals surface area contributed by atoms with E-state index in [-0.39, 0.29) is 12.6 Å². The number of likely N-dealkylation sites (tertiary alicyclic amines) is 1. The predicted octanol–water partition coefficient (Wildman–Crippen LogP) is 4.07. The van der Waals surface area contributed by atoms with Gasteiger partial charge in [-0.25, -0.2) is 9.97 Å². The first kappa shape index (κ1) is 25.7. The molecule has 1 saturated heterocycles. The molecule has 2 aliphatic rings. The van der Waals surface area contributed by atoms with Gasteiger partial charge in [-0.2, -0.15) is 0 Å². The quantitative estimate of drug-likeness (QED) is 0.294. The highest BCUT2D eigenvalue weighted by Crippen LogP contribution is 2.42. The van der Waals surface area contributed by atoms with E-state index in [1.807, 2.05) is 54.8 Å². The van der Waals surface area contributed by atoms with Gasteiger partial charge in [-0.3, -0.25) is 4.79 Å². The molecule has 2 fully saturated rings. The summed E-state index contributed by atoms with van der Waals surface area (Å²) >= 11 is 1.46. The molecule has 2 aromatic heterocycles. The van der Waals surface area contributed by atoms with Crippen LogP contribution in [0.5, 0.6) is 0 Å². The number of hydrogen-bond donors (Lipinski definition) is 3. The number of benzene rings is 2. The first-order valence-electron chi connectivity index (χ1n) is 13.5. The number of fused-ring (bicyclic) bond motifs is 1. The van der Waals surface area contributed by atoms with Gasteiger partial charge in [0.1, 0.15) is 16.9 Å². The van der Waals surface area contributed by atoms with Crippen LogP contribution in [0.2, 0.25) is 0 Å². The van der Waals surface area contributed by atoms with Gasteiger partial charge in [0.15, 0.2) is 6.10 Å². The highest BCUT2D eigenvalue weighted by atomic mass is 32.1. The summed E-state index contributed by atoms with van der Waals surface area (Å²) in [5.74, 6) is 0.328. The zero-order valence-electron chi connectivity index (χ0n) is 22.0. The van der Waals surface area contributed by atoms with Crippen molar-refractivity contribution in [1.29, 1.82) is 0 Å². The number of hydrogen-bond acceptors (Lipinski definition) is 7. The van der Waals surface area contributed by atoms with Gasteiger partial charge in [0.25, 0.3) is 5.91 Å². The van der Waals surface area contributed by atoms with E-state index in [4.69, 9.17) is 0 Å². The summed E-state index contributed by atoms with van der Waals surface area (Å²) in [6, 6.07) is 18.4. The van der Waals surface area contributed by atoms with E-state index in [1.165, 1.54) is 16.9 Å². The number of aliphatic hydroxyl groups excluding tert-OH is 2. The van der Waals surface area contributed by atoms with Crippen molar-refractivity contribution < 1.29 is 15.0 Å². The summed E-state index contributed by atoms with van der Waals surface area (Å²) in [6.45, 7) is 3.57. The predicted molar refractivity (Wildman–Crippen MR) is 151 cm³/mol. The molecule has 4 aromatic rings. The lowest BCUT2D eigenvalue weighted by atomic mass is 10.0. The summed E-state index contributed by atoms with van der Waals surface area (Å²) in [5.41, 5.74) is 5.95. The first-order chi connectivity index (χ1) is 19.0. The molecule has 1 aliphatic heterocycles. The number of allylic oxidation sites excluding steroid dienone is 1. The fourth-order valence-electron chi connectivity index (χ4n) is 5.60. The first-order valence-corrected chi connectivity index (χ1v) is 14.4. The summed E-state index contributed by atoms with van der Waals surface area (Å²) in [7, 11) is 0. The Kier molecular flexibility index (Phi) is 7.20. The van der Waals surface area contributed by atoms with Crippen molar-refractivity contribution in [2.45, 2.75) is 63.9 Å². The van der Waals surface area contributed by atoms with Crippen LogP contribution in [-0.4, -0.2) is 54.3 Å². The molecule has 2 aromatic carbocycles. The minimum Gasteiger partial charge on any atom is -0.384 e. The van der Waals surface area contributed by atoms with Crippen molar-refractivity contribution in [1.82, 2.24) is 24.8 Å². The molecule has 202 valence electrons. The van der Waals surface area contributed by atoms with Crippen molar-refractivity contribution in [2.24, 2.45) is 0 Å². The number of nitrogens with one attached hydrogen (secondary N) is 1. The minimum atomic E-state index is -1.55. The van der Waals surface area contributed by atoms with Crippen LogP contribution in [-0.2, 0) is 17.9 Å². The van der Waals surface area contributed by atoms with Gasteiger partial charge in [0.05, 0.1) is 35.9 Å². The molecule has 39 heavy (non-hydrogen) atoms. The van der Waals surface area contributed by atoms with E-state index < -0.39 is 18.1 Å². The Morgan fingerprint density at radius 3 is 2.64 bits per heavy atom. The molecule has 3 heterocycles. The molecule has 9 heteroatoms. The third-order valence-corrected chi connectivity index (χ3v) is 8.53. The minimum absolute atomic E-state index is 0.143. The summed E-state index contributed by atoms with van der Waals surface area (Å²) in [5, 5.41) is 27.6. The number of carbonyl (C=O) groups excluding carboxylic acids is 1. The highest BCUT2D eigenvalue weighted by molar-refractivity contribution is 7.09. The topological polar surface area (TPSA) is 104 Å². The maximum atomic E-state index is 12.9. The smallest absolute Gasteiger partial charge is 0.252 e. The number of carbonyl (C=O) groups is 1. The monoisotopic (exact) mass is 543 g/mol. The van der Waals surface area contributed by atoms with Crippen molar-refractivity contribution >= 4 is 28.3 Å². The zero-order chi connectivity index (χ0) is 26.9. The van der Waals surface area contributed by atoms with Crippen molar-refractivity contribution in [3.8, 4) is 0 Å². The van der Waals surface area contributed by atoms with E-state index in [9.17, 15) is 15.0 Å². The number of nitrogens with zero attached hydrogens (tertiary/aromatic N) is 4. The van der Waals surface area contributed by atoms with Crippen LogP contribution in [0.15, 0.2) is 71.2 Å². The number of aromatic nitrogens is 3. The van der Waals surface area contributed by atoms with E-state index in [1.54, 1.807) is 0 Å². The third-order valence-electron chi connectivity index (χ3n) is 7.64. The second-order valence-corrected chi connectivity index (χ2v) is 11.3. The van der Waals surface area contributed by atoms with Crippen molar-refractivity contribution in [2.75, 3.05) is 6.54 Å². The molecule has 3 atom stereocenters. The number of aryl methyl sites for hydroxylation is 1. The van der Waals surface area contributed by atoms with Gasteiger partial charge in [-0.1, -0.05) is 42.5 Å². The Morgan fingerprint density at radius 1 is 1.08 bits per heavy atom. The maximum absolute atomic E-state index is 12.9. The number of amides is 1. The Hall–Kier alpha value is -3.53. The largest absolute Gasteiger partial charge is 0.384 e. The molecule has 3 N–H and O–H groups in total. The summed E-state index contributed by atoms with van der Waals surface area (Å²) in [6.07, 6.45) is 0.960. The molecule has 1 amide bonds. The van der Waals surface area contributed by atoms with E-state index in [2.05, 4.69) is 36.9 Å². The van der Waals surface area contributed by atoms with Crippen LogP contribution in [0.1, 0.15) is 53.8 Å². The highest BCUT2D eigenvalue weighted by Gasteiger charge is 2.39. The molecule has 1 saturated carbocycles. The fraction of sp³-hybridized carbons (Fsp3) is 0.367. The van der Waals surface area contributed by atoms with Crippen LogP contribution in [0.25, 0.3) is 11.0 Å². The van der Waals surface area contributed by atoms with Crippen LogP contribution in [0, 0.1) is 6.92 Å². The molecule has 3 unspecified atom stereocenters. The van der Waals surface area contributed by atoms with E-state index in [0.29, 0.717) is 6.54 Å². The second kappa shape index (κ2) is 10.9. The second-order valence-electron chi connectivity index (χ2n) is 10.3. The Morgan fingerprint density at radius 2 is 1.85 bits per heavy atom. The zero-order valence-corrected chi connectivity index (χ0v) is 22.8. The van der Waals surface area contributed by atoms with Crippen LogP contribution < -0.4 is 5.32 Å². The molecular formula is C30H33N5O3S. The fourth-order valence-corrected chi connectivity index (χ4v) is 6.32. The van der Waals surface area contributed by atoms with Gasteiger partial charge in [0, 0.05) is 17.6 Å². The number of imidazole rings is 1. The van der Waals surface area contributed by atoms with Gasteiger partial charge in [-0.05, 0) is 55.9 Å². The lowest BCUT2D eigenvalue weighted by Gasteiger charge is -2.33. The normalized spacial score (nSPS) is 18.4. The Balaban J connectivity index is 1.10. The van der Waals surface area contributed by atoms with E-state index in [0.717, 1.165) is 71.1 Å². The molecule has 0 spiro atoms. The lowest BCUT2D eigenvalue weighted by molar-refractivity contribution is -0.134. The number of rotatable bonds is 9. The molecule has 1 aliphatic carbocycles. The van der Waals surface area contributed by atoms with Gasteiger partial charge in [0.2, 0.25) is 0 Å². The Labute approximate surface area is 231 Å². The van der Waals surface area contributed by atoms with Gasteiger partial charge >= 0.3 is 0 Å². The molecular weight excluding hydrogens is 510 g/mol. The SMILES string of the molecule is Cc1nc2ccccc2n1Cc1csc(CNC(=O)C(O)C(O)C(=C2CC2)N2CCCC2c2ccccc2)n1. The van der Waals surface area contributed by atoms with Crippen molar-refractivity contribution in [3.63, 3.8) is 0 Å². The molecule has 0 radical (unpaired) electrons. The molecule has 8 nitrogen and oxygen atoms in total. The van der Waals surface area contributed by atoms with Crippen molar-refractivity contribution in [3.05, 3.63) is 93.3 Å². The van der Waals surface area contributed by atoms with Crippen LogP contribution in [0.4, 0.5) is 0 Å². The standard InChI is InChI=1S/C30H33N5O3S/c1-19-32-23-10-5-6-11-25(23)35(19)17-22-18-39-26(33-22)16-31-30(38)29(37)28(36)27(21-13-14-21)34-15-7-12-24(34)20-8-3-2-4-9-20/h2-6,8-11,18,24,28-29,36-37H,7,12-17H2,1H3,(H,31,38). The average Bonchev–Trinajstić information content (AvgIpc) is 3.35. The number of aliphatic hydroxyl groups is 2. The lowest BCUT2D eigenvalue weighted by Crippen LogP contribution is -2.45. The summed E-state index contributed by atoms with van der Waals surface area (Å²) < 4.78 is 2.13. The van der Waals surface area contributed by atoms with Gasteiger partial charge < -0.3 is 25.0 Å². The Bertz CT molecular complexity index is 1510. The van der Waals surface area contributed by atoms with E-state index >= 15 is 0 Å². The molecule has 0 bridgehead atoms. The average molecular weight is 544 g/mol. The van der Waals surface area contributed by atoms with Gasteiger partial charge in [-0.15, -0.1) is 11.3 Å². The van der Waals surface area contributed by atoms with Crippen LogP contribution >= 0.6 is 11.3 Å². The summed E-state index contributed by atoms with van der Waals surface area (Å²) in [4.78, 5) is 24.4. The third kappa shape index (κ3) is 5.34. The number of para-hydroxylation sites is 2. The number of thiazole rings is 1. The van der Waals surface area contributed by atoms with Crippen LogP contribution in [0.3, 0.4) is 0 Å². The molecule has 6 rings (SSSR count).